The Morgan fingerprint density at radius 3 is 2.68 bits per heavy atom. The molecule has 1 saturated heterocycles. The van der Waals surface area contributed by atoms with Gasteiger partial charge >= 0.3 is 5.97 Å². The number of hydrogen-bond acceptors (Lipinski definition) is 4. The van der Waals surface area contributed by atoms with Crippen molar-refractivity contribution in [1.82, 2.24) is 4.90 Å². The molecule has 1 aliphatic rings. The summed E-state index contributed by atoms with van der Waals surface area (Å²) in [6.07, 6.45) is 2.70. The fourth-order valence-electron chi connectivity index (χ4n) is 3.19. The molecule has 6 nitrogen and oxygen atoms in total. The Morgan fingerprint density at radius 1 is 1.14 bits per heavy atom. The van der Waals surface area contributed by atoms with E-state index in [-0.39, 0.29) is 18.6 Å². The van der Waals surface area contributed by atoms with Crippen LogP contribution in [0, 0.1) is 0 Å². The first-order valence-electron chi connectivity index (χ1n) is 9.51. The zero-order valence-electron chi connectivity index (χ0n) is 15.8. The van der Waals surface area contributed by atoms with Crippen molar-refractivity contribution in [2.75, 3.05) is 26.3 Å². The first-order chi connectivity index (χ1) is 13.6. The van der Waals surface area contributed by atoms with Crippen molar-refractivity contribution in [3.63, 3.8) is 0 Å². The van der Waals surface area contributed by atoms with Crippen LogP contribution in [0.15, 0.2) is 54.6 Å². The molecule has 1 N–H and O–H groups in total. The second-order valence-corrected chi connectivity index (χ2v) is 6.83. The van der Waals surface area contributed by atoms with Gasteiger partial charge in [0.2, 0.25) is 0 Å². The molecule has 3 rings (SSSR count). The molecule has 1 aliphatic heterocycles. The average Bonchev–Trinajstić information content (AvgIpc) is 3.23. The van der Waals surface area contributed by atoms with Crippen molar-refractivity contribution in [2.24, 2.45) is 0 Å². The highest BCUT2D eigenvalue weighted by atomic mass is 16.5. The van der Waals surface area contributed by atoms with Crippen molar-refractivity contribution in [3.8, 4) is 5.75 Å². The molecular weight excluding hydrogens is 358 g/mol. The number of rotatable bonds is 9. The van der Waals surface area contributed by atoms with Crippen LogP contribution < -0.4 is 4.74 Å². The third-order valence-electron chi connectivity index (χ3n) is 4.67. The number of carboxylic acid groups (broad SMARTS) is 1. The lowest BCUT2D eigenvalue weighted by Gasteiger charge is -2.21. The average molecular weight is 383 g/mol. The van der Waals surface area contributed by atoms with Gasteiger partial charge in [0.1, 0.15) is 18.9 Å². The van der Waals surface area contributed by atoms with E-state index in [1.807, 2.05) is 30.3 Å². The maximum absolute atomic E-state index is 12.9. The summed E-state index contributed by atoms with van der Waals surface area (Å²) in [7, 11) is 0. The second-order valence-electron chi connectivity index (χ2n) is 6.83. The number of amides is 1. The minimum absolute atomic E-state index is 0.0914. The third kappa shape index (κ3) is 5.82. The van der Waals surface area contributed by atoms with Crippen LogP contribution in [-0.2, 0) is 16.0 Å². The number of ether oxygens (including phenoxy) is 2. The highest BCUT2D eigenvalue weighted by molar-refractivity contribution is 5.96. The predicted molar refractivity (Wildman–Crippen MR) is 105 cm³/mol. The molecule has 0 saturated carbocycles. The standard InChI is InChI=1S/C22H25NO5/c24-21(25)15-23(12-11-17-6-2-1-3-7-17)22(26)18-8-4-9-19(14-18)28-16-20-10-5-13-27-20/h1-4,6-9,14,20H,5,10-13,15-16H2,(H,24,25). The zero-order valence-corrected chi connectivity index (χ0v) is 15.8. The molecule has 2 aromatic carbocycles. The largest absolute Gasteiger partial charge is 0.491 e. The molecule has 28 heavy (non-hydrogen) atoms. The first kappa shape index (κ1) is 19.9. The van der Waals surface area contributed by atoms with E-state index in [0.29, 0.717) is 30.9 Å². The number of aliphatic carboxylic acids is 1. The summed E-state index contributed by atoms with van der Waals surface area (Å²) in [5, 5.41) is 9.20. The first-order valence-corrected chi connectivity index (χ1v) is 9.51. The third-order valence-corrected chi connectivity index (χ3v) is 4.67. The number of nitrogens with zero attached hydrogens (tertiary/aromatic N) is 1. The number of carboxylic acids is 1. The molecule has 1 atom stereocenters. The Hall–Kier alpha value is -2.86. The second kappa shape index (κ2) is 9.90. The van der Waals surface area contributed by atoms with Gasteiger partial charge in [-0.05, 0) is 43.0 Å². The number of carbonyl (C=O) groups excluding carboxylic acids is 1. The zero-order chi connectivity index (χ0) is 19.8. The summed E-state index contributed by atoms with van der Waals surface area (Å²) in [6.45, 7) is 1.20. The maximum atomic E-state index is 12.9. The Labute approximate surface area is 164 Å². The molecule has 0 spiro atoms. The van der Waals surface area contributed by atoms with Crippen LogP contribution in [0.5, 0.6) is 5.75 Å². The molecule has 0 radical (unpaired) electrons. The lowest BCUT2D eigenvalue weighted by atomic mass is 10.1. The van der Waals surface area contributed by atoms with Crippen LogP contribution in [0.25, 0.3) is 0 Å². The minimum Gasteiger partial charge on any atom is -0.491 e. The molecule has 6 heteroatoms. The van der Waals surface area contributed by atoms with Gasteiger partial charge in [-0.15, -0.1) is 0 Å². The maximum Gasteiger partial charge on any atom is 0.323 e. The molecule has 1 heterocycles. The lowest BCUT2D eigenvalue weighted by molar-refractivity contribution is -0.137. The lowest BCUT2D eigenvalue weighted by Crippen LogP contribution is -2.37. The summed E-state index contributed by atoms with van der Waals surface area (Å²) < 4.78 is 11.3. The van der Waals surface area contributed by atoms with Crippen LogP contribution in [0.3, 0.4) is 0 Å². The van der Waals surface area contributed by atoms with Crippen LogP contribution in [0.2, 0.25) is 0 Å². The number of benzene rings is 2. The topological polar surface area (TPSA) is 76.1 Å². The van der Waals surface area contributed by atoms with E-state index in [1.54, 1.807) is 24.3 Å². The summed E-state index contributed by atoms with van der Waals surface area (Å²) in [5.41, 5.74) is 1.47. The molecule has 148 valence electrons. The molecular formula is C22H25NO5. The summed E-state index contributed by atoms with van der Waals surface area (Å²) >= 11 is 0. The Balaban J connectivity index is 1.65. The van der Waals surface area contributed by atoms with E-state index in [9.17, 15) is 14.7 Å². The van der Waals surface area contributed by atoms with Crippen LogP contribution in [0.4, 0.5) is 0 Å². The van der Waals surface area contributed by atoms with Gasteiger partial charge in [-0.2, -0.15) is 0 Å². The van der Waals surface area contributed by atoms with Gasteiger partial charge in [0.15, 0.2) is 0 Å². The normalized spacial score (nSPS) is 15.9. The van der Waals surface area contributed by atoms with E-state index in [0.717, 1.165) is 25.0 Å². The summed E-state index contributed by atoms with van der Waals surface area (Å²) in [6, 6.07) is 16.6. The van der Waals surface area contributed by atoms with E-state index in [2.05, 4.69) is 0 Å². The Bertz CT molecular complexity index is 787. The van der Waals surface area contributed by atoms with Gasteiger partial charge in [0.25, 0.3) is 5.91 Å². The fraction of sp³-hybridized carbons (Fsp3) is 0.364. The summed E-state index contributed by atoms with van der Waals surface area (Å²) in [4.78, 5) is 25.5. The van der Waals surface area contributed by atoms with Crippen molar-refractivity contribution in [3.05, 3.63) is 65.7 Å². The molecule has 2 aromatic rings. The molecule has 0 aliphatic carbocycles. The fourth-order valence-corrected chi connectivity index (χ4v) is 3.19. The highest BCUT2D eigenvalue weighted by Crippen LogP contribution is 2.18. The Morgan fingerprint density at radius 2 is 1.96 bits per heavy atom. The van der Waals surface area contributed by atoms with Gasteiger partial charge in [0, 0.05) is 18.7 Å². The van der Waals surface area contributed by atoms with Crippen molar-refractivity contribution in [1.29, 1.82) is 0 Å². The molecule has 1 fully saturated rings. The molecule has 0 bridgehead atoms. The quantitative estimate of drug-likeness (QED) is 0.720. The monoisotopic (exact) mass is 383 g/mol. The van der Waals surface area contributed by atoms with Crippen molar-refractivity contribution >= 4 is 11.9 Å². The van der Waals surface area contributed by atoms with Crippen molar-refractivity contribution in [2.45, 2.75) is 25.4 Å². The number of carbonyl (C=O) groups is 2. The van der Waals surface area contributed by atoms with Gasteiger partial charge in [0.05, 0.1) is 6.10 Å². The van der Waals surface area contributed by atoms with Crippen LogP contribution in [0.1, 0.15) is 28.8 Å². The van der Waals surface area contributed by atoms with Crippen molar-refractivity contribution < 1.29 is 24.2 Å². The predicted octanol–water partition coefficient (Wildman–Crippen LogP) is 3.01. The van der Waals surface area contributed by atoms with E-state index < -0.39 is 5.97 Å². The number of hydrogen-bond donors (Lipinski definition) is 1. The molecule has 1 amide bonds. The van der Waals surface area contributed by atoms with Gasteiger partial charge in [-0.3, -0.25) is 9.59 Å². The van der Waals surface area contributed by atoms with Crippen LogP contribution >= 0.6 is 0 Å². The van der Waals surface area contributed by atoms with E-state index in [4.69, 9.17) is 9.47 Å². The molecule has 0 aromatic heterocycles. The van der Waals surface area contributed by atoms with Gasteiger partial charge in [-0.1, -0.05) is 36.4 Å². The SMILES string of the molecule is O=C(O)CN(CCc1ccccc1)C(=O)c1cccc(OCC2CCCO2)c1. The minimum atomic E-state index is -1.04. The van der Waals surface area contributed by atoms with Gasteiger partial charge < -0.3 is 19.5 Å². The summed E-state index contributed by atoms with van der Waals surface area (Å²) in [5.74, 6) is -0.771. The van der Waals surface area contributed by atoms with E-state index >= 15 is 0 Å². The molecule has 1 unspecified atom stereocenters. The highest BCUT2D eigenvalue weighted by Gasteiger charge is 2.20. The van der Waals surface area contributed by atoms with Crippen LogP contribution in [-0.4, -0.2) is 54.3 Å². The smallest absolute Gasteiger partial charge is 0.323 e. The van der Waals surface area contributed by atoms with Gasteiger partial charge in [-0.25, -0.2) is 0 Å². The Kier molecular flexibility index (Phi) is 7.03. The van der Waals surface area contributed by atoms with E-state index in [1.165, 1.54) is 4.90 Å².